The summed E-state index contributed by atoms with van der Waals surface area (Å²) in [6.45, 7) is 14.7. The van der Waals surface area contributed by atoms with Crippen LogP contribution in [0.15, 0.2) is 36.8 Å². The van der Waals surface area contributed by atoms with Gasteiger partial charge in [0.25, 0.3) is 0 Å². The van der Waals surface area contributed by atoms with Gasteiger partial charge in [-0.25, -0.2) is 24.7 Å². The van der Waals surface area contributed by atoms with Crippen molar-refractivity contribution in [3.63, 3.8) is 0 Å². The van der Waals surface area contributed by atoms with E-state index >= 15 is 0 Å². The lowest BCUT2D eigenvalue weighted by atomic mass is 10.1. The fourth-order valence-corrected chi connectivity index (χ4v) is 7.41. The highest BCUT2D eigenvalue weighted by molar-refractivity contribution is 6.74. The number of hydrogen-bond acceptors (Lipinski definition) is 10. The quantitative estimate of drug-likeness (QED) is 0.147. The number of aromatic nitrogens is 6. The number of imide groups is 1. The number of amides is 4. The van der Waals surface area contributed by atoms with Crippen molar-refractivity contribution in [2.75, 3.05) is 23.8 Å². The molecule has 3 aliphatic rings. The zero-order valence-electron chi connectivity index (χ0n) is 30.4. The third-order valence-corrected chi connectivity index (χ3v) is 14.9. The molecule has 15 heteroatoms. The molecule has 4 amide bonds. The van der Waals surface area contributed by atoms with Gasteiger partial charge in [-0.15, -0.1) is 0 Å². The van der Waals surface area contributed by atoms with Gasteiger partial charge in [-0.2, -0.15) is 4.98 Å². The number of likely N-dealkylation sites (N-methyl/N-ethyl adjacent to an activating group) is 1. The number of rotatable bonds is 11. The Morgan fingerprint density at radius 2 is 1.86 bits per heavy atom. The Kier molecular flexibility index (Phi) is 8.69. The number of ether oxygens (including phenoxy) is 1. The second kappa shape index (κ2) is 12.8. The maximum Gasteiger partial charge on any atom is 0.331 e. The molecule has 2 saturated carbocycles. The van der Waals surface area contributed by atoms with E-state index in [9.17, 15) is 14.4 Å². The molecule has 7 rings (SSSR count). The second-order valence-corrected chi connectivity index (χ2v) is 20.2. The van der Waals surface area contributed by atoms with Crippen molar-refractivity contribution >= 4 is 43.3 Å². The summed E-state index contributed by atoms with van der Waals surface area (Å²) in [6.07, 6.45) is 7.97. The van der Waals surface area contributed by atoms with Crippen LogP contribution in [0.2, 0.25) is 18.1 Å². The molecule has 14 nitrogen and oxygen atoms in total. The summed E-state index contributed by atoms with van der Waals surface area (Å²) in [5, 5.41) is 2.95. The Bertz CT molecular complexity index is 2040. The van der Waals surface area contributed by atoms with Crippen molar-refractivity contribution in [1.29, 1.82) is 0 Å². The molecule has 1 aliphatic heterocycles. The van der Waals surface area contributed by atoms with Crippen LogP contribution in [-0.4, -0.2) is 74.0 Å². The summed E-state index contributed by atoms with van der Waals surface area (Å²) in [5.41, 5.74) is 3.71. The molecule has 5 heterocycles. The standard InChI is InChI=1S/C36H45N9O5Si/c1-20-11-12-37-32(38-20)25-14-26(25)34(47)41-28-15-29(42-31(40-28)21(2)50-51(7,8)36(3,4)5)49-19-24-17-44-16-23(22-9-10-22)13-27(33(44)39-24)45-18-30(46)43(6)35(45)48/h11-13,15-17,21-22,25-26H,9-10,14,18-19H2,1-8H3,(H,40,41,42,47). The van der Waals surface area contributed by atoms with Crippen molar-refractivity contribution in [1.82, 2.24) is 34.2 Å². The Morgan fingerprint density at radius 1 is 1.10 bits per heavy atom. The van der Waals surface area contributed by atoms with Crippen LogP contribution in [0, 0.1) is 12.8 Å². The lowest BCUT2D eigenvalue weighted by Crippen LogP contribution is -2.41. The second-order valence-electron chi connectivity index (χ2n) is 15.5. The summed E-state index contributed by atoms with van der Waals surface area (Å²) in [7, 11) is -0.703. The minimum absolute atomic E-state index is 0.0327. The molecular weight excluding hydrogens is 667 g/mol. The molecule has 4 aromatic rings. The lowest BCUT2D eigenvalue weighted by Gasteiger charge is -2.38. The molecule has 1 saturated heterocycles. The van der Waals surface area contributed by atoms with Crippen LogP contribution in [-0.2, 0) is 20.6 Å². The van der Waals surface area contributed by atoms with Crippen LogP contribution in [0.5, 0.6) is 5.88 Å². The predicted octanol–water partition coefficient (Wildman–Crippen LogP) is 5.90. The fourth-order valence-electron chi connectivity index (χ4n) is 6.06. The monoisotopic (exact) mass is 711 g/mol. The molecule has 3 atom stereocenters. The number of nitrogens with one attached hydrogen (secondary N) is 1. The van der Waals surface area contributed by atoms with E-state index in [1.54, 1.807) is 12.3 Å². The maximum absolute atomic E-state index is 13.4. The van der Waals surface area contributed by atoms with Crippen molar-refractivity contribution in [3.05, 3.63) is 65.4 Å². The number of hydrogen-bond donors (Lipinski definition) is 1. The van der Waals surface area contributed by atoms with Gasteiger partial charge in [0, 0.05) is 49.2 Å². The minimum atomic E-state index is -2.19. The molecule has 0 aromatic carbocycles. The van der Waals surface area contributed by atoms with Gasteiger partial charge in [-0.05, 0) is 74.9 Å². The zero-order chi connectivity index (χ0) is 36.4. The highest BCUT2D eigenvalue weighted by Gasteiger charge is 2.46. The molecule has 0 bridgehead atoms. The van der Waals surface area contributed by atoms with Crippen molar-refractivity contribution in [2.24, 2.45) is 5.92 Å². The van der Waals surface area contributed by atoms with E-state index in [4.69, 9.17) is 24.1 Å². The van der Waals surface area contributed by atoms with E-state index in [-0.39, 0.29) is 53.8 Å². The topological polar surface area (TPSA) is 157 Å². The van der Waals surface area contributed by atoms with Crippen LogP contribution in [0.25, 0.3) is 5.65 Å². The third-order valence-electron chi connectivity index (χ3n) is 10.4. The van der Waals surface area contributed by atoms with Crippen LogP contribution in [0.4, 0.5) is 16.3 Å². The third kappa shape index (κ3) is 7.09. The number of carbonyl (C=O) groups excluding carboxylic acids is 3. The van der Waals surface area contributed by atoms with Gasteiger partial charge in [0.1, 0.15) is 30.9 Å². The first kappa shape index (κ1) is 34.7. The van der Waals surface area contributed by atoms with E-state index in [1.807, 2.05) is 42.8 Å². The molecule has 4 aromatic heterocycles. The summed E-state index contributed by atoms with van der Waals surface area (Å²) in [4.78, 5) is 64.5. The average molecular weight is 712 g/mol. The first-order valence-corrected chi connectivity index (χ1v) is 20.4. The fraction of sp³-hybridized carbons (Fsp3) is 0.500. The molecule has 0 radical (unpaired) electrons. The molecule has 1 N–H and O–H groups in total. The molecule has 51 heavy (non-hydrogen) atoms. The van der Waals surface area contributed by atoms with E-state index in [0.717, 1.165) is 29.0 Å². The van der Waals surface area contributed by atoms with Crippen molar-refractivity contribution < 1.29 is 23.5 Å². The van der Waals surface area contributed by atoms with Crippen LogP contribution in [0.1, 0.15) is 93.5 Å². The van der Waals surface area contributed by atoms with Gasteiger partial charge in [-0.3, -0.25) is 19.4 Å². The predicted molar refractivity (Wildman–Crippen MR) is 192 cm³/mol. The molecular formula is C36H45N9O5Si. The van der Waals surface area contributed by atoms with Crippen molar-refractivity contribution in [3.8, 4) is 5.88 Å². The first-order valence-electron chi connectivity index (χ1n) is 17.5. The summed E-state index contributed by atoms with van der Waals surface area (Å²) in [5.74, 6) is 1.32. The van der Waals surface area contributed by atoms with Crippen LogP contribution in [0.3, 0.4) is 0 Å². The normalized spacial score (nSPS) is 19.9. The maximum atomic E-state index is 13.4. The lowest BCUT2D eigenvalue weighted by molar-refractivity contribution is -0.124. The molecule has 268 valence electrons. The number of urea groups is 1. The molecule has 2 aliphatic carbocycles. The smallest absolute Gasteiger partial charge is 0.331 e. The van der Waals surface area contributed by atoms with Gasteiger partial charge < -0.3 is 18.9 Å². The van der Waals surface area contributed by atoms with E-state index in [0.29, 0.717) is 46.8 Å². The molecule has 0 spiro atoms. The van der Waals surface area contributed by atoms with Crippen LogP contribution < -0.4 is 15.0 Å². The molecule has 3 unspecified atom stereocenters. The Balaban J connectivity index is 1.15. The minimum Gasteiger partial charge on any atom is -0.471 e. The Morgan fingerprint density at radius 3 is 2.53 bits per heavy atom. The SMILES string of the molecule is Cc1ccnc(C2CC2C(=O)Nc2cc(OCc3cn4cc(C5CC5)cc(N5CC(=O)N(C)C5=O)c4n3)nc(C(C)O[Si](C)(C)C(C)(C)C)n2)n1. The number of pyridine rings is 1. The van der Waals surface area contributed by atoms with E-state index < -0.39 is 14.4 Å². The highest BCUT2D eigenvalue weighted by atomic mass is 28.4. The highest BCUT2D eigenvalue weighted by Crippen LogP contribution is 2.47. The molecule has 3 fully saturated rings. The number of nitrogens with zero attached hydrogens (tertiary/aromatic N) is 8. The number of aryl methyl sites for hydroxylation is 1. The summed E-state index contributed by atoms with van der Waals surface area (Å²) in [6, 6.07) is 5.04. The van der Waals surface area contributed by atoms with Gasteiger partial charge >= 0.3 is 6.03 Å². The largest absolute Gasteiger partial charge is 0.471 e. The number of imidazole rings is 1. The Hall–Kier alpha value is -4.76. The van der Waals surface area contributed by atoms with E-state index in [1.165, 1.54) is 11.9 Å². The average Bonchev–Trinajstić information content (AvgIpc) is 4.00. The zero-order valence-corrected chi connectivity index (χ0v) is 31.4. The number of fused-ring (bicyclic) bond motifs is 1. The van der Waals surface area contributed by atoms with Crippen LogP contribution >= 0.6 is 0 Å². The number of carbonyl (C=O) groups is 3. The van der Waals surface area contributed by atoms with Gasteiger partial charge in [0.2, 0.25) is 17.7 Å². The van der Waals surface area contributed by atoms with Gasteiger partial charge in [0.05, 0.1) is 11.4 Å². The van der Waals surface area contributed by atoms with Gasteiger partial charge in [-0.1, -0.05) is 20.8 Å². The summed E-state index contributed by atoms with van der Waals surface area (Å²) >= 11 is 0. The Labute approximate surface area is 298 Å². The van der Waals surface area contributed by atoms with Crippen molar-refractivity contribution in [2.45, 2.75) is 96.6 Å². The van der Waals surface area contributed by atoms with Gasteiger partial charge in [0.15, 0.2) is 19.8 Å². The number of anilines is 2. The van der Waals surface area contributed by atoms with E-state index in [2.05, 4.69) is 49.1 Å². The first-order chi connectivity index (χ1) is 24.1. The summed E-state index contributed by atoms with van der Waals surface area (Å²) < 4.78 is 14.8.